The quantitative estimate of drug-likeness (QED) is 0.810. The molecule has 0 amide bonds. The van der Waals surface area contributed by atoms with Gasteiger partial charge in [0.25, 0.3) is 0 Å². The first-order valence-corrected chi connectivity index (χ1v) is 6.25. The van der Waals surface area contributed by atoms with Crippen LogP contribution in [0.2, 0.25) is 0 Å². The predicted molar refractivity (Wildman–Crippen MR) is 68.9 cm³/mol. The number of rotatable bonds is 3. The summed E-state index contributed by atoms with van der Waals surface area (Å²) in [4.78, 5) is 4.66. The molecular weight excluding hydrogens is 210 g/mol. The first kappa shape index (κ1) is 11.9. The summed E-state index contributed by atoms with van der Waals surface area (Å²) in [5.41, 5.74) is 2.62. The molecule has 0 fully saturated rings. The molecule has 1 aromatic rings. The van der Waals surface area contributed by atoms with Crippen LogP contribution in [0.3, 0.4) is 0 Å². The van der Waals surface area contributed by atoms with Crippen molar-refractivity contribution in [1.29, 1.82) is 5.26 Å². The maximum absolute atomic E-state index is 8.52. The summed E-state index contributed by atoms with van der Waals surface area (Å²) in [6.45, 7) is 5.53. The Hall–Kier alpha value is -1.56. The SMILES string of the molecule is CC1(C)CCNc2nc(CCCC#N)ccc21. The Morgan fingerprint density at radius 2 is 2.29 bits per heavy atom. The number of anilines is 1. The Bertz CT molecular complexity index is 443. The molecule has 3 heteroatoms. The van der Waals surface area contributed by atoms with Gasteiger partial charge in [0.05, 0.1) is 6.07 Å². The largest absolute Gasteiger partial charge is 0.370 e. The molecule has 2 heterocycles. The molecule has 0 aliphatic carbocycles. The van der Waals surface area contributed by atoms with Crippen molar-refractivity contribution in [2.24, 2.45) is 0 Å². The molecular formula is C14H19N3. The highest BCUT2D eigenvalue weighted by molar-refractivity contribution is 5.51. The molecule has 90 valence electrons. The summed E-state index contributed by atoms with van der Waals surface area (Å²) in [7, 11) is 0. The van der Waals surface area contributed by atoms with E-state index in [4.69, 9.17) is 5.26 Å². The zero-order chi connectivity index (χ0) is 12.3. The number of aryl methyl sites for hydroxylation is 1. The lowest BCUT2D eigenvalue weighted by Gasteiger charge is -2.32. The third-order valence-electron chi connectivity index (χ3n) is 3.45. The van der Waals surface area contributed by atoms with E-state index < -0.39 is 0 Å². The van der Waals surface area contributed by atoms with E-state index in [2.05, 4.69) is 42.4 Å². The third kappa shape index (κ3) is 2.58. The Morgan fingerprint density at radius 1 is 1.47 bits per heavy atom. The standard InChI is InChI=1S/C14H19N3/c1-14(2)8-10-16-13-12(14)7-6-11(17-13)5-3-4-9-15/h6-7H,3-5,8,10H2,1-2H3,(H,16,17). The van der Waals surface area contributed by atoms with Crippen LogP contribution in [0.25, 0.3) is 0 Å². The van der Waals surface area contributed by atoms with Crippen LogP contribution in [0.1, 0.15) is 44.4 Å². The van der Waals surface area contributed by atoms with Crippen molar-refractivity contribution < 1.29 is 0 Å². The summed E-state index contributed by atoms with van der Waals surface area (Å²) in [5, 5.41) is 11.9. The maximum atomic E-state index is 8.52. The zero-order valence-electron chi connectivity index (χ0n) is 10.6. The van der Waals surface area contributed by atoms with Crippen LogP contribution in [0.4, 0.5) is 5.82 Å². The van der Waals surface area contributed by atoms with Gasteiger partial charge in [-0.3, -0.25) is 0 Å². The number of hydrogen-bond acceptors (Lipinski definition) is 3. The normalized spacial score (nSPS) is 16.8. The lowest BCUT2D eigenvalue weighted by molar-refractivity contribution is 0.478. The van der Waals surface area contributed by atoms with E-state index in [-0.39, 0.29) is 5.41 Å². The zero-order valence-corrected chi connectivity index (χ0v) is 10.6. The van der Waals surface area contributed by atoms with Gasteiger partial charge >= 0.3 is 0 Å². The molecule has 0 spiro atoms. The van der Waals surface area contributed by atoms with E-state index in [9.17, 15) is 0 Å². The minimum absolute atomic E-state index is 0.221. The van der Waals surface area contributed by atoms with Gasteiger partial charge in [0.1, 0.15) is 5.82 Å². The van der Waals surface area contributed by atoms with Gasteiger partial charge in [0.15, 0.2) is 0 Å². The molecule has 0 aromatic carbocycles. The van der Waals surface area contributed by atoms with Crippen molar-refractivity contribution in [2.75, 3.05) is 11.9 Å². The highest BCUT2D eigenvalue weighted by atomic mass is 15.0. The molecule has 1 aliphatic heterocycles. The van der Waals surface area contributed by atoms with Crippen molar-refractivity contribution in [2.45, 2.75) is 44.9 Å². The second kappa shape index (κ2) is 4.75. The first-order valence-electron chi connectivity index (χ1n) is 6.25. The van der Waals surface area contributed by atoms with E-state index in [1.807, 2.05) is 0 Å². The van der Waals surface area contributed by atoms with Gasteiger partial charge < -0.3 is 5.32 Å². The second-order valence-corrected chi connectivity index (χ2v) is 5.27. The van der Waals surface area contributed by atoms with Gasteiger partial charge in [-0.25, -0.2) is 4.98 Å². The predicted octanol–water partition coefficient (Wildman–Crippen LogP) is 3.02. The number of nitrogens with one attached hydrogen (secondary N) is 1. The molecule has 0 saturated heterocycles. The van der Waals surface area contributed by atoms with Gasteiger partial charge in [0.2, 0.25) is 0 Å². The smallest absolute Gasteiger partial charge is 0.129 e. The number of aromatic nitrogens is 1. The lowest BCUT2D eigenvalue weighted by atomic mass is 9.79. The van der Waals surface area contributed by atoms with Gasteiger partial charge in [-0.2, -0.15) is 5.26 Å². The van der Waals surface area contributed by atoms with E-state index >= 15 is 0 Å². The van der Waals surface area contributed by atoms with Crippen molar-refractivity contribution >= 4 is 5.82 Å². The van der Waals surface area contributed by atoms with E-state index in [1.54, 1.807) is 0 Å². The maximum Gasteiger partial charge on any atom is 0.129 e. The molecule has 0 saturated carbocycles. The van der Waals surface area contributed by atoms with E-state index in [0.717, 1.165) is 37.3 Å². The Labute approximate surface area is 103 Å². The molecule has 3 nitrogen and oxygen atoms in total. The van der Waals surface area contributed by atoms with Gasteiger partial charge in [-0.05, 0) is 30.7 Å². The monoisotopic (exact) mass is 229 g/mol. The van der Waals surface area contributed by atoms with Crippen LogP contribution in [-0.2, 0) is 11.8 Å². The van der Waals surface area contributed by atoms with Crippen LogP contribution in [0.5, 0.6) is 0 Å². The van der Waals surface area contributed by atoms with Crippen molar-refractivity contribution in [3.05, 3.63) is 23.4 Å². The molecule has 0 radical (unpaired) electrons. The number of pyridine rings is 1. The lowest BCUT2D eigenvalue weighted by Crippen LogP contribution is -2.29. The number of fused-ring (bicyclic) bond motifs is 1. The van der Waals surface area contributed by atoms with Crippen LogP contribution in [0.15, 0.2) is 12.1 Å². The summed E-state index contributed by atoms with van der Waals surface area (Å²) in [5.74, 6) is 1.04. The summed E-state index contributed by atoms with van der Waals surface area (Å²) < 4.78 is 0. The molecule has 0 atom stereocenters. The summed E-state index contributed by atoms with van der Waals surface area (Å²) >= 11 is 0. The molecule has 0 unspecified atom stereocenters. The van der Waals surface area contributed by atoms with Crippen LogP contribution in [0, 0.1) is 11.3 Å². The van der Waals surface area contributed by atoms with E-state index in [0.29, 0.717) is 6.42 Å². The number of hydrogen-bond donors (Lipinski definition) is 1. The average molecular weight is 229 g/mol. The van der Waals surface area contributed by atoms with Crippen LogP contribution >= 0.6 is 0 Å². The Balaban J connectivity index is 2.17. The first-order chi connectivity index (χ1) is 8.13. The second-order valence-electron chi connectivity index (χ2n) is 5.27. The average Bonchev–Trinajstić information content (AvgIpc) is 2.29. The Morgan fingerprint density at radius 3 is 3.06 bits per heavy atom. The molecule has 2 rings (SSSR count). The number of nitrogens with zero attached hydrogens (tertiary/aromatic N) is 2. The van der Waals surface area contributed by atoms with Crippen LogP contribution in [-0.4, -0.2) is 11.5 Å². The third-order valence-corrected chi connectivity index (χ3v) is 3.45. The highest BCUT2D eigenvalue weighted by Crippen LogP contribution is 2.35. The molecule has 1 aromatic heterocycles. The van der Waals surface area contributed by atoms with Gasteiger partial charge in [-0.15, -0.1) is 0 Å². The molecule has 1 aliphatic rings. The van der Waals surface area contributed by atoms with Crippen molar-refractivity contribution in [3.8, 4) is 6.07 Å². The Kier molecular flexibility index (Phi) is 3.33. The minimum atomic E-state index is 0.221. The van der Waals surface area contributed by atoms with Crippen molar-refractivity contribution in [3.63, 3.8) is 0 Å². The number of unbranched alkanes of at least 4 members (excludes halogenated alkanes) is 1. The van der Waals surface area contributed by atoms with Gasteiger partial charge in [-0.1, -0.05) is 19.9 Å². The molecule has 1 N–H and O–H groups in total. The molecule has 17 heavy (non-hydrogen) atoms. The fraction of sp³-hybridized carbons (Fsp3) is 0.571. The number of nitriles is 1. The molecule has 0 bridgehead atoms. The summed E-state index contributed by atoms with van der Waals surface area (Å²) in [6, 6.07) is 6.46. The summed E-state index contributed by atoms with van der Waals surface area (Å²) in [6.07, 6.45) is 3.54. The van der Waals surface area contributed by atoms with Gasteiger partial charge in [0, 0.05) is 24.2 Å². The topological polar surface area (TPSA) is 48.7 Å². The minimum Gasteiger partial charge on any atom is -0.370 e. The fourth-order valence-corrected chi connectivity index (χ4v) is 2.30. The van der Waals surface area contributed by atoms with Crippen LogP contribution < -0.4 is 5.32 Å². The van der Waals surface area contributed by atoms with Crippen molar-refractivity contribution in [1.82, 2.24) is 4.98 Å². The highest BCUT2D eigenvalue weighted by Gasteiger charge is 2.27. The van der Waals surface area contributed by atoms with E-state index in [1.165, 1.54) is 5.56 Å². The fourth-order valence-electron chi connectivity index (χ4n) is 2.30.